The van der Waals surface area contributed by atoms with E-state index in [-0.39, 0.29) is 18.9 Å². The number of unbranched alkanes of at least 4 members (excludes halogenated alkanes) is 54. The maximum atomic E-state index is 13.5. The Kier molecular flexibility index (Phi) is 66.6. The van der Waals surface area contributed by atoms with Gasteiger partial charge in [0.15, 0.2) is 18.9 Å². The van der Waals surface area contributed by atoms with Crippen molar-refractivity contribution in [3.63, 3.8) is 0 Å². The van der Waals surface area contributed by atoms with Crippen molar-refractivity contribution in [2.45, 2.75) is 503 Å². The number of hydrogen-bond acceptors (Lipinski definition) is 18. The molecule has 0 saturated carbocycles. The fourth-order valence-electron chi connectivity index (χ4n) is 15.7. The highest BCUT2D eigenvalue weighted by Crippen LogP contribution is 2.34. The lowest BCUT2D eigenvalue weighted by Crippen LogP contribution is -2.66. The molecule has 1 amide bonds. The third kappa shape index (κ3) is 50.3. The maximum absolute atomic E-state index is 13.5. The van der Waals surface area contributed by atoms with Crippen molar-refractivity contribution < 1.29 is 89.4 Å². The zero-order valence-electron chi connectivity index (χ0n) is 70.5. The van der Waals surface area contributed by atoms with Crippen LogP contribution in [-0.4, -0.2) is 193 Å². The SMILES string of the molecule is CCCCCCCCCC/C=C\CCCCCCCCCCCCCCCCCCCCCCCCCC(=O)NC(COC1OC(CO)C(OC2OC(CO)C(OC3OC(CO)C(O)C(O)C3O)C(O)C2O)C(O)C1O)C(O)/C=C/CC/C=C/CC/C=C/CCCCCCCCCCCCCCCCCCCCCCC. The summed E-state index contributed by atoms with van der Waals surface area (Å²) < 4.78 is 34.5. The number of amides is 1. The van der Waals surface area contributed by atoms with E-state index in [4.69, 9.17) is 28.4 Å². The molecule has 12 N–H and O–H groups in total. The molecule has 0 radical (unpaired) electrons. The van der Waals surface area contributed by atoms with Crippen LogP contribution in [0.1, 0.15) is 399 Å². The average Bonchev–Trinajstić information content (AvgIpc) is 0.780. The highest BCUT2D eigenvalue weighted by molar-refractivity contribution is 5.76. The summed E-state index contributed by atoms with van der Waals surface area (Å²) >= 11 is 0. The molecule has 17 unspecified atom stereocenters. The molecule has 3 aliphatic rings. The lowest BCUT2D eigenvalue weighted by molar-refractivity contribution is -0.379. The Balaban J connectivity index is 1.33. The predicted molar refractivity (Wildman–Crippen MR) is 448 cm³/mol. The summed E-state index contributed by atoms with van der Waals surface area (Å²) in [7, 11) is 0. The van der Waals surface area contributed by atoms with E-state index in [1.807, 2.05) is 6.08 Å². The molecule has 19 nitrogen and oxygen atoms in total. The third-order valence-electron chi connectivity index (χ3n) is 23.1. The highest BCUT2D eigenvalue weighted by atomic mass is 16.8. The Morgan fingerprint density at radius 2 is 0.577 bits per heavy atom. The molecule has 0 aliphatic carbocycles. The number of hydrogen-bond donors (Lipinski definition) is 12. The molecule has 3 fully saturated rings. The van der Waals surface area contributed by atoms with E-state index in [1.54, 1.807) is 6.08 Å². The molecule has 3 saturated heterocycles. The van der Waals surface area contributed by atoms with Crippen molar-refractivity contribution in [2.24, 2.45) is 0 Å². The summed E-state index contributed by atoms with van der Waals surface area (Å²) in [6, 6.07) is -0.998. The first-order chi connectivity index (χ1) is 54.3. The van der Waals surface area contributed by atoms with Gasteiger partial charge in [0.05, 0.1) is 38.6 Å². The molecule has 0 spiro atoms. The van der Waals surface area contributed by atoms with Gasteiger partial charge in [0.2, 0.25) is 5.91 Å². The Hall–Kier alpha value is -2.25. The summed E-state index contributed by atoms with van der Waals surface area (Å²) in [4.78, 5) is 13.5. The lowest BCUT2D eigenvalue weighted by Gasteiger charge is -2.48. The maximum Gasteiger partial charge on any atom is 0.220 e. The van der Waals surface area contributed by atoms with Crippen LogP contribution in [0.25, 0.3) is 0 Å². The summed E-state index contributed by atoms with van der Waals surface area (Å²) in [6.07, 6.45) is 67.1. The minimum Gasteiger partial charge on any atom is -0.394 e. The predicted octanol–water partition coefficient (Wildman–Crippen LogP) is 18.0. The topological polar surface area (TPSA) is 307 Å². The monoisotopic (exact) mass is 1580 g/mol. The number of rotatable bonds is 76. The third-order valence-corrected chi connectivity index (χ3v) is 23.1. The lowest BCUT2D eigenvalue weighted by atomic mass is 9.96. The summed E-state index contributed by atoms with van der Waals surface area (Å²) in [5.41, 5.74) is 0. The second-order valence-corrected chi connectivity index (χ2v) is 33.1. The standard InChI is InChI=1S/C92H171NO18/c1-3-5-7-9-11-13-15-17-19-21-23-25-27-29-31-33-35-36-37-38-40-42-44-46-48-50-52-54-56-58-60-62-64-66-68-70-80(98)93-75(76(97)69-67-65-63-61-59-57-55-53-51-49-47-45-43-41-39-34-32-30-28-26-24-22-20-18-16-14-12-10-8-6-4-2)74-106-90-86(104)83(101)88(78(72-95)108-90)111-92-87(105)84(102)89(79(73-96)109-92)110-91-85(103)82(100)81(99)77(71-94)107-91/h21,23,51,53,59,61,67,69,75-79,81-92,94-97,99-105H,3-20,22,24-50,52,54-58,60,62-66,68,70-74H2,1-2H3,(H,93,98)/b23-21-,53-51+,61-59+,69-67+. The van der Waals surface area contributed by atoms with Crippen molar-refractivity contribution in [1.29, 1.82) is 0 Å². The van der Waals surface area contributed by atoms with Crippen LogP contribution in [0.4, 0.5) is 0 Å². The van der Waals surface area contributed by atoms with Gasteiger partial charge in [-0.1, -0.05) is 371 Å². The molecule has 0 bridgehead atoms. The van der Waals surface area contributed by atoms with Crippen LogP contribution in [0, 0.1) is 0 Å². The summed E-state index contributed by atoms with van der Waals surface area (Å²) in [6.45, 7) is 1.78. The summed E-state index contributed by atoms with van der Waals surface area (Å²) in [5.74, 6) is -0.282. The van der Waals surface area contributed by atoms with Crippen molar-refractivity contribution >= 4 is 5.91 Å². The minimum atomic E-state index is -1.98. The van der Waals surface area contributed by atoms with Gasteiger partial charge in [0, 0.05) is 6.42 Å². The number of carbonyl (C=O) groups is 1. The number of nitrogens with one attached hydrogen (secondary N) is 1. The normalized spacial score (nSPS) is 25.2. The number of aliphatic hydroxyl groups excluding tert-OH is 11. The van der Waals surface area contributed by atoms with Gasteiger partial charge >= 0.3 is 0 Å². The van der Waals surface area contributed by atoms with Crippen LogP contribution >= 0.6 is 0 Å². The molecular weight excluding hydrogens is 1410 g/mol. The van der Waals surface area contributed by atoms with E-state index < -0.39 is 124 Å². The van der Waals surface area contributed by atoms with Crippen molar-refractivity contribution in [2.75, 3.05) is 26.4 Å². The van der Waals surface area contributed by atoms with Gasteiger partial charge in [-0.05, 0) is 70.6 Å². The molecule has 3 aliphatic heterocycles. The van der Waals surface area contributed by atoms with Crippen LogP contribution in [-0.2, 0) is 33.2 Å². The number of ether oxygens (including phenoxy) is 6. The van der Waals surface area contributed by atoms with Crippen molar-refractivity contribution in [3.8, 4) is 0 Å². The van der Waals surface area contributed by atoms with E-state index in [2.05, 4.69) is 55.6 Å². The molecule has 0 aromatic carbocycles. The highest BCUT2D eigenvalue weighted by Gasteiger charge is 2.54. The summed E-state index contributed by atoms with van der Waals surface area (Å²) in [5, 5.41) is 121. The van der Waals surface area contributed by atoms with Gasteiger partial charge in [-0.15, -0.1) is 0 Å². The van der Waals surface area contributed by atoms with Gasteiger partial charge in [-0.25, -0.2) is 0 Å². The Bertz CT molecular complexity index is 2190. The van der Waals surface area contributed by atoms with Crippen molar-refractivity contribution in [1.82, 2.24) is 5.32 Å². The second-order valence-electron chi connectivity index (χ2n) is 33.1. The first-order valence-electron chi connectivity index (χ1n) is 46.4. The minimum absolute atomic E-state index is 0.235. The first kappa shape index (κ1) is 103. The Morgan fingerprint density at radius 1 is 0.315 bits per heavy atom. The van der Waals surface area contributed by atoms with Gasteiger partial charge < -0.3 is 89.9 Å². The van der Waals surface area contributed by atoms with Gasteiger partial charge in [-0.2, -0.15) is 0 Å². The molecule has 3 heterocycles. The Morgan fingerprint density at radius 3 is 0.901 bits per heavy atom. The quantitative estimate of drug-likeness (QED) is 0.0199. The van der Waals surface area contributed by atoms with Gasteiger partial charge in [0.1, 0.15) is 73.2 Å². The zero-order valence-corrected chi connectivity index (χ0v) is 70.5. The molecule has 3 rings (SSSR count). The van der Waals surface area contributed by atoms with E-state index in [0.717, 1.165) is 44.9 Å². The van der Waals surface area contributed by atoms with Crippen LogP contribution in [0.3, 0.4) is 0 Å². The number of carbonyl (C=O) groups excluding carboxylic acids is 1. The van der Waals surface area contributed by atoms with E-state index in [9.17, 15) is 61.0 Å². The molecule has 652 valence electrons. The van der Waals surface area contributed by atoms with Gasteiger partial charge in [-0.3, -0.25) is 4.79 Å². The van der Waals surface area contributed by atoms with Crippen LogP contribution < -0.4 is 5.32 Å². The first-order valence-corrected chi connectivity index (χ1v) is 46.4. The average molecular weight is 1580 g/mol. The van der Waals surface area contributed by atoms with Gasteiger partial charge in [0.25, 0.3) is 0 Å². The fraction of sp³-hybridized carbons (Fsp3) is 0.902. The molecular formula is C92H171NO18. The van der Waals surface area contributed by atoms with Crippen LogP contribution in [0.5, 0.6) is 0 Å². The molecule has 111 heavy (non-hydrogen) atoms. The van der Waals surface area contributed by atoms with Crippen molar-refractivity contribution in [3.05, 3.63) is 48.6 Å². The molecule has 0 aromatic heterocycles. The van der Waals surface area contributed by atoms with Crippen LogP contribution in [0.2, 0.25) is 0 Å². The molecule has 19 heteroatoms. The van der Waals surface area contributed by atoms with E-state index >= 15 is 0 Å². The number of allylic oxidation sites excluding steroid dienone is 7. The van der Waals surface area contributed by atoms with Crippen LogP contribution in [0.15, 0.2) is 48.6 Å². The fourth-order valence-corrected chi connectivity index (χ4v) is 15.7. The number of aliphatic hydroxyl groups is 11. The molecule has 0 aromatic rings. The smallest absolute Gasteiger partial charge is 0.220 e. The Labute approximate surface area is 675 Å². The second kappa shape index (κ2) is 71.8. The largest absolute Gasteiger partial charge is 0.394 e. The molecule has 17 atom stereocenters. The van der Waals surface area contributed by atoms with E-state index in [1.165, 1.54) is 321 Å². The van der Waals surface area contributed by atoms with E-state index in [0.29, 0.717) is 12.8 Å². The zero-order chi connectivity index (χ0) is 80.3.